The third-order valence-electron chi connectivity index (χ3n) is 5.11. The minimum atomic E-state index is 0. The summed E-state index contributed by atoms with van der Waals surface area (Å²) in [5.41, 5.74) is 2.11. The predicted molar refractivity (Wildman–Crippen MR) is 119 cm³/mol. The summed E-state index contributed by atoms with van der Waals surface area (Å²) >= 11 is 0. The van der Waals surface area contributed by atoms with E-state index in [1.165, 1.54) is 0 Å². The average Bonchev–Trinajstić information content (AvgIpc) is 3.40. The summed E-state index contributed by atoms with van der Waals surface area (Å²) in [7, 11) is 1.76. The lowest BCUT2D eigenvalue weighted by Crippen LogP contribution is -2.37. The summed E-state index contributed by atoms with van der Waals surface area (Å²) in [4.78, 5) is 18.0. The lowest BCUT2D eigenvalue weighted by Gasteiger charge is -2.16. The third kappa shape index (κ3) is 4.45. The second-order valence-electron chi connectivity index (χ2n) is 6.88. The normalized spacial score (nSPS) is 16.1. The molecule has 2 N–H and O–H groups in total. The Labute approximate surface area is 181 Å². The molecule has 1 aromatic carbocycles. The lowest BCUT2D eigenvalue weighted by atomic mass is 10.2. The van der Waals surface area contributed by atoms with Crippen molar-refractivity contribution < 1.29 is 4.79 Å². The van der Waals surface area contributed by atoms with Gasteiger partial charge in [0.25, 0.3) is 0 Å². The molecule has 1 amide bonds. The highest BCUT2D eigenvalue weighted by Gasteiger charge is 2.21. The zero-order chi connectivity index (χ0) is 18.6. The van der Waals surface area contributed by atoms with Gasteiger partial charge in [-0.3, -0.25) is 9.79 Å². The first kappa shape index (κ1) is 20.6. The van der Waals surface area contributed by atoms with Crippen LogP contribution in [0.25, 0.3) is 0 Å². The van der Waals surface area contributed by atoms with Gasteiger partial charge < -0.3 is 20.1 Å². The van der Waals surface area contributed by atoms with Crippen LogP contribution in [0.5, 0.6) is 0 Å². The van der Waals surface area contributed by atoms with Gasteiger partial charge in [0.05, 0.1) is 6.54 Å². The zero-order valence-corrected chi connectivity index (χ0v) is 18.3. The number of nitrogens with zero attached hydrogens (tertiary/aromatic N) is 5. The Balaban J connectivity index is 0.00000225. The Hall–Kier alpha value is -2.17. The van der Waals surface area contributed by atoms with E-state index < -0.39 is 0 Å². The predicted octanol–water partition coefficient (Wildman–Crippen LogP) is 1.83. The van der Waals surface area contributed by atoms with Gasteiger partial charge in [-0.2, -0.15) is 0 Å². The smallest absolute Gasteiger partial charge is 0.227 e. The summed E-state index contributed by atoms with van der Waals surface area (Å²) in [6.07, 6.45) is 3.75. The number of carbonyl (C=O) groups excluding carboxylic acids is 1. The topological polar surface area (TPSA) is 87.4 Å². The number of benzene rings is 1. The highest BCUT2D eigenvalue weighted by atomic mass is 127. The van der Waals surface area contributed by atoms with Crippen LogP contribution in [-0.2, 0) is 30.8 Å². The van der Waals surface area contributed by atoms with Gasteiger partial charge in [-0.1, -0.05) is 12.1 Å². The number of guanidine groups is 1. The molecule has 150 valence electrons. The van der Waals surface area contributed by atoms with Crippen LogP contribution in [0.15, 0.2) is 29.3 Å². The van der Waals surface area contributed by atoms with E-state index in [4.69, 9.17) is 0 Å². The van der Waals surface area contributed by atoms with Gasteiger partial charge in [0.2, 0.25) is 5.91 Å². The van der Waals surface area contributed by atoms with Crippen LogP contribution < -0.4 is 15.5 Å². The Kier molecular flexibility index (Phi) is 6.87. The summed E-state index contributed by atoms with van der Waals surface area (Å²) in [5.74, 6) is 2.96. The summed E-state index contributed by atoms with van der Waals surface area (Å²) < 4.78 is 2.18. The first-order chi connectivity index (χ1) is 13.2. The third-order valence-corrected chi connectivity index (χ3v) is 5.11. The summed E-state index contributed by atoms with van der Waals surface area (Å²) in [6.45, 7) is 3.07. The van der Waals surface area contributed by atoms with Crippen molar-refractivity contribution in [2.45, 2.75) is 45.3 Å². The van der Waals surface area contributed by atoms with E-state index >= 15 is 0 Å². The molecule has 2 aliphatic heterocycles. The Bertz CT molecular complexity index is 846. The van der Waals surface area contributed by atoms with Crippen LogP contribution in [0.3, 0.4) is 0 Å². The molecule has 9 heteroatoms. The first-order valence-corrected chi connectivity index (χ1v) is 9.49. The molecule has 28 heavy (non-hydrogen) atoms. The van der Waals surface area contributed by atoms with Crippen LogP contribution in [0.4, 0.5) is 5.69 Å². The van der Waals surface area contributed by atoms with Gasteiger partial charge in [-0.25, -0.2) is 0 Å². The number of anilines is 1. The molecule has 8 nitrogen and oxygen atoms in total. The molecule has 0 aliphatic carbocycles. The molecule has 1 aromatic heterocycles. The summed E-state index contributed by atoms with van der Waals surface area (Å²) in [5, 5.41) is 15.1. The van der Waals surface area contributed by atoms with Gasteiger partial charge in [0.15, 0.2) is 11.8 Å². The molecule has 0 saturated carbocycles. The van der Waals surface area contributed by atoms with Crippen molar-refractivity contribution in [3.05, 3.63) is 41.5 Å². The summed E-state index contributed by atoms with van der Waals surface area (Å²) in [6, 6.07) is 8.12. The van der Waals surface area contributed by atoms with Crippen LogP contribution in [0, 0.1) is 0 Å². The van der Waals surface area contributed by atoms with Crippen LogP contribution in [0.2, 0.25) is 0 Å². The molecule has 4 rings (SSSR count). The number of hydrogen-bond acceptors (Lipinski definition) is 4. The SMILES string of the molecule is CN=C(NCc1ccc(N2CCCC2=O)cc1)NCc1nnc2n1CCC2.I. The average molecular weight is 495 g/mol. The molecule has 0 unspecified atom stereocenters. The van der Waals surface area contributed by atoms with Crippen molar-refractivity contribution in [2.24, 2.45) is 4.99 Å². The Morgan fingerprint density at radius 3 is 2.54 bits per heavy atom. The van der Waals surface area contributed by atoms with Crippen molar-refractivity contribution in [3.8, 4) is 0 Å². The molecular weight excluding hydrogens is 469 g/mol. The number of hydrogen-bond donors (Lipinski definition) is 2. The Morgan fingerprint density at radius 1 is 1.07 bits per heavy atom. The fraction of sp³-hybridized carbons (Fsp3) is 0.474. The number of carbonyl (C=O) groups is 1. The molecule has 2 aliphatic rings. The van der Waals surface area contributed by atoms with E-state index in [2.05, 4.69) is 30.4 Å². The van der Waals surface area contributed by atoms with E-state index in [9.17, 15) is 4.79 Å². The van der Waals surface area contributed by atoms with Gasteiger partial charge in [0.1, 0.15) is 5.82 Å². The largest absolute Gasteiger partial charge is 0.352 e. The quantitative estimate of drug-likeness (QED) is 0.376. The molecule has 1 saturated heterocycles. The molecule has 3 heterocycles. The number of nitrogens with one attached hydrogen (secondary N) is 2. The minimum absolute atomic E-state index is 0. The maximum atomic E-state index is 11.8. The second-order valence-corrected chi connectivity index (χ2v) is 6.88. The van der Waals surface area contributed by atoms with Crippen LogP contribution in [-0.4, -0.2) is 40.2 Å². The highest BCUT2D eigenvalue weighted by Crippen LogP contribution is 2.21. The maximum absolute atomic E-state index is 11.8. The monoisotopic (exact) mass is 495 g/mol. The molecule has 0 spiro atoms. The van der Waals surface area contributed by atoms with Gasteiger partial charge >= 0.3 is 0 Å². The van der Waals surface area contributed by atoms with Crippen LogP contribution >= 0.6 is 24.0 Å². The van der Waals surface area contributed by atoms with Gasteiger partial charge in [-0.15, -0.1) is 34.2 Å². The minimum Gasteiger partial charge on any atom is -0.352 e. The fourth-order valence-electron chi connectivity index (χ4n) is 3.63. The second kappa shape index (κ2) is 9.35. The number of fused-ring (bicyclic) bond motifs is 1. The first-order valence-electron chi connectivity index (χ1n) is 9.49. The van der Waals surface area contributed by atoms with Gasteiger partial charge in [-0.05, 0) is 30.5 Å². The van der Waals surface area contributed by atoms with E-state index in [1.807, 2.05) is 29.2 Å². The number of aliphatic imine (C=N–C) groups is 1. The molecular formula is C19H26IN7O. The maximum Gasteiger partial charge on any atom is 0.227 e. The molecule has 0 radical (unpaired) electrons. The van der Waals surface area contributed by atoms with Crippen molar-refractivity contribution in [3.63, 3.8) is 0 Å². The van der Waals surface area contributed by atoms with E-state index in [0.717, 1.165) is 61.2 Å². The number of rotatable bonds is 5. The lowest BCUT2D eigenvalue weighted by molar-refractivity contribution is -0.117. The molecule has 1 fully saturated rings. The number of amides is 1. The fourth-order valence-corrected chi connectivity index (χ4v) is 3.63. The zero-order valence-electron chi connectivity index (χ0n) is 16.0. The van der Waals surface area contributed by atoms with Crippen molar-refractivity contribution in [1.29, 1.82) is 0 Å². The van der Waals surface area contributed by atoms with E-state index in [0.29, 0.717) is 19.5 Å². The van der Waals surface area contributed by atoms with Crippen molar-refractivity contribution in [2.75, 3.05) is 18.5 Å². The van der Waals surface area contributed by atoms with Crippen molar-refractivity contribution >= 4 is 41.5 Å². The van der Waals surface area contributed by atoms with Crippen LogP contribution in [0.1, 0.15) is 36.5 Å². The molecule has 0 atom stereocenters. The number of aryl methyl sites for hydroxylation is 1. The molecule has 0 bridgehead atoms. The standard InChI is InChI=1S/C19H25N7O.HI/c1-20-19(22-13-17-24-23-16-4-2-11-26(16)17)21-12-14-6-8-15(9-7-14)25-10-3-5-18(25)27;/h6-9H,2-5,10-13H2,1H3,(H2,20,21,22);1H. The highest BCUT2D eigenvalue weighted by molar-refractivity contribution is 14.0. The number of aromatic nitrogens is 3. The molecule has 2 aromatic rings. The van der Waals surface area contributed by atoms with Crippen molar-refractivity contribution in [1.82, 2.24) is 25.4 Å². The Morgan fingerprint density at radius 2 is 1.82 bits per heavy atom. The number of halogens is 1. The van der Waals surface area contributed by atoms with Gasteiger partial charge in [0, 0.05) is 45.2 Å². The van der Waals surface area contributed by atoms with E-state index in [-0.39, 0.29) is 29.9 Å². The van der Waals surface area contributed by atoms with E-state index in [1.54, 1.807) is 7.05 Å².